The van der Waals surface area contributed by atoms with E-state index in [1.807, 2.05) is 36.4 Å². The highest BCUT2D eigenvalue weighted by atomic mass is 16.6. The van der Waals surface area contributed by atoms with Gasteiger partial charge in [0.15, 0.2) is 0 Å². The highest BCUT2D eigenvalue weighted by Gasteiger charge is 2.21. The third-order valence-corrected chi connectivity index (χ3v) is 3.04. The SMILES string of the molecule is O=[N+]([O-])c1ccccc1[N+](=O)[O-].Oc1cccc2ccccc12. The van der Waals surface area contributed by atoms with Crippen molar-refractivity contribution in [2.24, 2.45) is 0 Å². The van der Waals surface area contributed by atoms with Crippen molar-refractivity contribution in [2.75, 3.05) is 0 Å². The first kappa shape index (κ1) is 15.9. The largest absolute Gasteiger partial charge is 0.507 e. The first-order valence-electron chi connectivity index (χ1n) is 6.55. The van der Waals surface area contributed by atoms with Gasteiger partial charge in [0.2, 0.25) is 0 Å². The van der Waals surface area contributed by atoms with Crippen LogP contribution in [0.15, 0.2) is 66.7 Å². The number of aromatic hydroxyl groups is 1. The Morgan fingerprint density at radius 2 is 1.17 bits per heavy atom. The molecule has 0 saturated carbocycles. The second-order valence-corrected chi connectivity index (χ2v) is 4.50. The number of hydrogen-bond acceptors (Lipinski definition) is 5. The summed E-state index contributed by atoms with van der Waals surface area (Å²) >= 11 is 0. The summed E-state index contributed by atoms with van der Waals surface area (Å²) in [6, 6.07) is 18.2. The topological polar surface area (TPSA) is 107 Å². The van der Waals surface area contributed by atoms with Gasteiger partial charge in [0, 0.05) is 17.5 Å². The molecule has 0 unspecified atom stereocenters. The Morgan fingerprint density at radius 3 is 1.70 bits per heavy atom. The highest BCUT2D eigenvalue weighted by molar-refractivity contribution is 5.87. The molecule has 0 aliphatic heterocycles. The molecule has 0 fully saturated rings. The molecule has 0 aromatic heterocycles. The van der Waals surface area contributed by atoms with Gasteiger partial charge in [0.05, 0.1) is 9.85 Å². The van der Waals surface area contributed by atoms with Gasteiger partial charge in [-0.3, -0.25) is 20.2 Å². The van der Waals surface area contributed by atoms with E-state index >= 15 is 0 Å². The molecule has 7 heteroatoms. The standard InChI is InChI=1S/C10H8O.C6H4N2O4/c11-10-7-3-5-8-4-1-2-6-9(8)10;9-7(10)5-3-1-2-4-6(5)8(11)12/h1-7,11H;1-4H. The van der Waals surface area contributed by atoms with Crippen LogP contribution in [0.2, 0.25) is 0 Å². The average Bonchev–Trinajstić information content (AvgIpc) is 2.56. The lowest BCUT2D eigenvalue weighted by Crippen LogP contribution is -1.95. The van der Waals surface area contributed by atoms with Crippen LogP contribution in [0.3, 0.4) is 0 Å². The minimum atomic E-state index is -0.780. The second-order valence-electron chi connectivity index (χ2n) is 4.50. The number of rotatable bonds is 2. The summed E-state index contributed by atoms with van der Waals surface area (Å²) in [6.45, 7) is 0. The Labute approximate surface area is 130 Å². The van der Waals surface area contributed by atoms with Crippen LogP contribution >= 0.6 is 0 Å². The van der Waals surface area contributed by atoms with Gasteiger partial charge in [-0.2, -0.15) is 0 Å². The number of nitro benzene ring substituents is 2. The van der Waals surface area contributed by atoms with Gasteiger partial charge in [0.1, 0.15) is 5.75 Å². The summed E-state index contributed by atoms with van der Waals surface area (Å²) in [6.07, 6.45) is 0. The molecule has 1 N–H and O–H groups in total. The van der Waals surface area contributed by atoms with Gasteiger partial charge in [-0.1, -0.05) is 48.5 Å². The molecular weight excluding hydrogens is 300 g/mol. The van der Waals surface area contributed by atoms with Crippen molar-refractivity contribution in [3.8, 4) is 5.75 Å². The lowest BCUT2D eigenvalue weighted by atomic mass is 10.1. The lowest BCUT2D eigenvalue weighted by molar-refractivity contribution is -0.422. The van der Waals surface area contributed by atoms with E-state index in [4.69, 9.17) is 0 Å². The number of phenolic OH excluding ortho intramolecular Hbond substituents is 1. The number of nitrogens with zero attached hydrogens (tertiary/aromatic N) is 2. The third-order valence-electron chi connectivity index (χ3n) is 3.04. The van der Waals surface area contributed by atoms with Crippen LogP contribution in [0, 0.1) is 20.2 Å². The van der Waals surface area contributed by atoms with Crippen LogP contribution in [0.5, 0.6) is 5.75 Å². The van der Waals surface area contributed by atoms with Gasteiger partial charge >= 0.3 is 11.4 Å². The summed E-state index contributed by atoms with van der Waals surface area (Å²) in [5.74, 6) is 0.350. The van der Waals surface area contributed by atoms with Crippen LogP contribution in [-0.2, 0) is 0 Å². The van der Waals surface area contributed by atoms with E-state index in [-0.39, 0.29) is 0 Å². The number of fused-ring (bicyclic) bond motifs is 1. The zero-order chi connectivity index (χ0) is 16.8. The fourth-order valence-electron chi connectivity index (χ4n) is 1.98. The highest BCUT2D eigenvalue weighted by Crippen LogP contribution is 2.25. The Morgan fingerprint density at radius 1 is 0.696 bits per heavy atom. The van der Waals surface area contributed by atoms with E-state index in [9.17, 15) is 25.3 Å². The van der Waals surface area contributed by atoms with E-state index in [1.165, 1.54) is 12.1 Å². The average molecular weight is 312 g/mol. The molecule has 3 aromatic carbocycles. The molecule has 0 aliphatic carbocycles. The summed E-state index contributed by atoms with van der Waals surface area (Å²) in [4.78, 5) is 18.9. The van der Waals surface area contributed by atoms with E-state index < -0.39 is 21.2 Å². The Bertz CT molecular complexity index is 825. The smallest absolute Gasteiger partial charge is 0.346 e. The molecule has 0 aliphatic rings. The van der Waals surface area contributed by atoms with Crippen LogP contribution in [-0.4, -0.2) is 15.0 Å². The van der Waals surface area contributed by atoms with Crippen molar-refractivity contribution in [2.45, 2.75) is 0 Å². The zero-order valence-corrected chi connectivity index (χ0v) is 11.8. The lowest BCUT2D eigenvalue weighted by Gasteiger charge is -1.97. The fraction of sp³-hybridized carbons (Fsp3) is 0. The molecule has 3 aromatic rings. The molecule has 3 rings (SSSR count). The predicted octanol–water partition coefficient (Wildman–Crippen LogP) is 4.05. The fourth-order valence-corrected chi connectivity index (χ4v) is 1.98. The third kappa shape index (κ3) is 3.79. The number of phenols is 1. The minimum Gasteiger partial charge on any atom is -0.507 e. The van der Waals surface area contributed by atoms with Crippen molar-refractivity contribution in [3.63, 3.8) is 0 Å². The molecule has 0 atom stereocenters. The van der Waals surface area contributed by atoms with E-state index in [2.05, 4.69) is 0 Å². The summed E-state index contributed by atoms with van der Waals surface area (Å²) < 4.78 is 0. The van der Waals surface area contributed by atoms with Crippen LogP contribution < -0.4 is 0 Å². The van der Waals surface area contributed by atoms with Crippen LogP contribution in [0.1, 0.15) is 0 Å². The van der Waals surface area contributed by atoms with Gasteiger partial charge in [-0.25, -0.2) is 0 Å². The molecular formula is C16H12N2O5. The van der Waals surface area contributed by atoms with Crippen molar-refractivity contribution in [3.05, 3.63) is 87.0 Å². The quantitative estimate of drug-likeness (QED) is 0.567. The van der Waals surface area contributed by atoms with Crippen LogP contribution in [0.4, 0.5) is 11.4 Å². The number of hydrogen-bond donors (Lipinski definition) is 1. The van der Waals surface area contributed by atoms with E-state index in [0.717, 1.165) is 22.9 Å². The van der Waals surface area contributed by atoms with Gasteiger partial charge in [-0.05, 0) is 11.5 Å². The second kappa shape index (κ2) is 6.99. The Hall–Kier alpha value is -3.48. The predicted molar refractivity (Wildman–Crippen MR) is 85.4 cm³/mol. The first-order chi connectivity index (χ1) is 11.0. The molecule has 0 spiro atoms. The maximum Gasteiger partial charge on any atom is 0.346 e. The van der Waals surface area contributed by atoms with Crippen molar-refractivity contribution in [1.82, 2.24) is 0 Å². The Balaban J connectivity index is 0.000000167. The maximum absolute atomic E-state index is 10.2. The molecule has 0 radical (unpaired) electrons. The normalized spacial score (nSPS) is 9.74. The summed E-state index contributed by atoms with van der Waals surface area (Å²) in [5, 5.41) is 31.8. The molecule has 23 heavy (non-hydrogen) atoms. The Kier molecular flexibility index (Phi) is 4.83. The van der Waals surface area contributed by atoms with E-state index in [0.29, 0.717) is 5.75 Å². The number of para-hydroxylation sites is 2. The molecule has 0 heterocycles. The first-order valence-corrected chi connectivity index (χ1v) is 6.55. The molecule has 0 bridgehead atoms. The molecule has 0 amide bonds. The number of benzene rings is 3. The summed E-state index contributed by atoms with van der Waals surface area (Å²) in [7, 11) is 0. The van der Waals surface area contributed by atoms with Crippen molar-refractivity contribution >= 4 is 22.1 Å². The van der Waals surface area contributed by atoms with Gasteiger partial charge in [-0.15, -0.1) is 0 Å². The molecule has 0 saturated heterocycles. The van der Waals surface area contributed by atoms with Gasteiger partial charge in [0.25, 0.3) is 0 Å². The maximum atomic E-state index is 10.2. The molecule has 116 valence electrons. The number of nitro groups is 2. The zero-order valence-electron chi connectivity index (χ0n) is 11.8. The van der Waals surface area contributed by atoms with Crippen LogP contribution in [0.25, 0.3) is 10.8 Å². The monoisotopic (exact) mass is 312 g/mol. The van der Waals surface area contributed by atoms with Crippen molar-refractivity contribution < 1.29 is 15.0 Å². The van der Waals surface area contributed by atoms with Crippen molar-refractivity contribution in [1.29, 1.82) is 0 Å². The molecule has 7 nitrogen and oxygen atoms in total. The van der Waals surface area contributed by atoms with E-state index in [1.54, 1.807) is 6.07 Å². The van der Waals surface area contributed by atoms with Gasteiger partial charge < -0.3 is 5.11 Å². The minimum absolute atomic E-state index is 0.350. The summed E-state index contributed by atoms with van der Waals surface area (Å²) in [5.41, 5.74) is -0.968.